The van der Waals surface area contributed by atoms with Crippen molar-refractivity contribution in [3.63, 3.8) is 0 Å². The molecule has 0 radical (unpaired) electrons. The Morgan fingerprint density at radius 1 is 1.09 bits per heavy atom. The molecule has 0 saturated carbocycles. The molecular weight excluding hydrogens is 464 g/mol. The van der Waals surface area contributed by atoms with E-state index in [1.807, 2.05) is 0 Å². The van der Waals surface area contributed by atoms with Crippen molar-refractivity contribution < 1.29 is 13.2 Å². The zero-order valence-electron chi connectivity index (χ0n) is 19.6. The molecule has 0 atom stereocenters. The molecule has 1 aliphatic heterocycles. The first-order valence-corrected chi connectivity index (χ1v) is 13.4. The fourth-order valence-corrected chi connectivity index (χ4v) is 6.00. The van der Waals surface area contributed by atoms with Crippen molar-refractivity contribution in [1.29, 1.82) is 5.41 Å². The summed E-state index contributed by atoms with van der Waals surface area (Å²) in [5, 5.41) is 8.44. The number of anilines is 1. The smallest absolute Gasteiger partial charge is 0.272 e. The van der Waals surface area contributed by atoms with Crippen molar-refractivity contribution >= 4 is 38.2 Å². The maximum absolute atomic E-state index is 13.7. The maximum atomic E-state index is 13.7. The van der Waals surface area contributed by atoms with E-state index in [0.717, 1.165) is 19.3 Å². The van der Waals surface area contributed by atoms with E-state index < -0.39 is 9.84 Å². The van der Waals surface area contributed by atoms with Gasteiger partial charge in [0.1, 0.15) is 11.5 Å². The Balaban J connectivity index is 1.72. The number of carbonyl (C=O) groups excluding carboxylic acids is 1. The van der Waals surface area contributed by atoms with Crippen LogP contribution < -0.4 is 17.2 Å². The van der Waals surface area contributed by atoms with E-state index >= 15 is 0 Å². The molecule has 186 valence electrons. The van der Waals surface area contributed by atoms with Crippen molar-refractivity contribution in [1.82, 2.24) is 9.47 Å². The van der Waals surface area contributed by atoms with E-state index in [4.69, 9.17) is 22.6 Å². The van der Waals surface area contributed by atoms with Gasteiger partial charge in [0.2, 0.25) is 0 Å². The van der Waals surface area contributed by atoms with Crippen LogP contribution >= 0.6 is 0 Å². The number of carbonyl (C=O) groups is 1. The van der Waals surface area contributed by atoms with Gasteiger partial charge in [0.05, 0.1) is 21.9 Å². The lowest BCUT2D eigenvalue weighted by atomic mass is 9.93. The summed E-state index contributed by atoms with van der Waals surface area (Å²) in [6.07, 6.45) is 2.69. The summed E-state index contributed by atoms with van der Waals surface area (Å²) in [4.78, 5) is 15.7. The molecule has 0 bridgehead atoms. The lowest BCUT2D eigenvalue weighted by Crippen LogP contribution is -2.40. The Hall–Kier alpha value is -3.37. The predicted molar refractivity (Wildman–Crippen MR) is 138 cm³/mol. The Bertz CT molecular complexity index is 1340. The van der Waals surface area contributed by atoms with Crippen LogP contribution in [0.3, 0.4) is 0 Å². The predicted octanol–water partition coefficient (Wildman–Crippen LogP) is 2.18. The molecule has 1 amide bonds. The molecule has 1 fully saturated rings. The van der Waals surface area contributed by atoms with Crippen LogP contribution in [0, 0.1) is 11.3 Å². The summed E-state index contributed by atoms with van der Waals surface area (Å²) in [7, 11) is -3.59. The van der Waals surface area contributed by atoms with Gasteiger partial charge in [-0.1, -0.05) is 24.3 Å². The Kier molecular flexibility index (Phi) is 7.13. The van der Waals surface area contributed by atoms with Gasteiger partial charge < -0.3 is 26.7 Å². The molecule has 1 aromatic heterocycles. The van der Waals surface area contributed by atoms with E-state index in [1.54, 1.807) is 58.0 Å². The maximum Gasteiger partial charge on any atom is 0.272 e. The van der Waals surface area contributed by atoms with Gasteiger partial charge in [0.15, 0.2) is 9.84 Å². The fourth-order valence-electron chi connectivity index (χ4n) is 4.77. The number of hydrogen-bond donors (Lipinski definition) is 4. The minimum Gasteiger partial charge on any atom is -0.396 e. The highest BCUT2D eigenvalue weighted by Crippen LogP contribution is 2.32. The highest BCUT2D eigenvalue weighted by molar-refractivity contribution is 7.91. The largest absolute Gasteiger partial charge is 0.396 e. The van der Waals surface area contributed by atoms with Crippen molar-refractivity contribution in [2.75, 3.05) is 31.1 Å². The van der Waals surface area contributed by atoms with E-state index in [2.05, 4.69) is 0 Å². The van der Waals surface area contributed by atoms with Gasteiger partial charge in [-0.3, -0.25) is 10.2 Å². The average molecular weight is 497 g/mol. The molecule has 1 aliphatic rings. The number of rotatable bonds is 8. The van der Waals surface area contributed by atoms with Crippen LogP contribution in [0.2, 0.25) is 0 Å². The van der Waals surface area contributed by atoms with Crippen LogP contribution in [0.1, 0.15) is 35.3 Å². The van der Waals surface area contributed by atoms with Gasteiger partial charge in [-0.15, -0.1) is 0 Å². The lowest BCUT2D eigenvalue weighted by Gasteiger charge is -2.32. The second-order valence-corrected chi connectivity index (χ2v) is 11.1. The molecule has 35 heavy (non-hydrogen) atoms. The second-order valence-electron chi connectivity index (χ2n) is 9.00. The number of nitrogens with one attached hydrogen (secondary N) is 1. The first kappa shape index (κ1) is 24.7. The number of aromatic nitrogens is 1. The molecule has 4 rings (SSSR count). The summed E-state index contributed by atoms with van der Waals surface area (Å²) in [6.45, 7) is 1.88. The summed E-state index contributed by atoms with van der Waals surface area (Å²) < 4.78 is 27.7. The molecule has 0 unspecified atom stereocenters. The van der Waals surface area contributed by atoms with E-state index in [9.17, 15) is 13.2 Å². The monoisotopic (exact) mass is 496 g/mol. The third-order valence-corrected chi connectivity index (χ3v) is 8.49. The van der Waals surface area contributed by atoms with Gasteiger partial charge in [0.25, 0.3) is 5.91 Å². The van der Waals surface area contributed by atoms with Crippen molar-refractivity contribution in [2.24, 2.45) is 17.4 Å². The number of aryl methyl sites for hydroxylation is 1. The number of fused-ring (bicyclic) bond motifs is 1. The highest BCUT2D eigenvalue weighted by Gasteiger charge is 2.29. The number of nitrogens with zero attached hydrogens (tertiary/aromatic N) is 2. The third-order valence-electron chi connectivity index (χ3n) is 6.78. The molecule has 7 N–H and O–H groups in total. The number of hydrogen-bond acceptors (Lipinski definition) is 6. The number of likely N-dealkylation sites (tertiary alicyclic amines) is 1. The normalized spacial score (nSPS) is 14.9. The van der Waals surface area contributed by atoms with E-state index in [0.29, 0.717) is 47.7 Å². The molecule has 9 nitrogen and oxygen atoms in total. The van der Waals surface area contributed by atoms with Crippen molar-refractivity contribution in [3.05, 3.63) is 59.8 Å². The Morgan fingerprint density at radius 3 is 2.40 bits per heavy atom. The molecule has 3 aromatic rings. The quantitative estimate of drug-likeness (QED) is 0.276. The minimum absolute atomic E-state index is 0.0387. The van der Waals surface area contributed by atoms with Gasteiger partial charge in [-0.25, -0.2) is 8.42 Å². The van der Waals surface area contributed by atoms with Gasteiger partial charge >= 0.3 is 0 Å². The third kappa shape index (κ3) is 5.03. The first-order chi connectivity index (χ1) is 16.7. The number of nitrogen functional groups attached to an aromatic ring is 2. The Labute approximate surface area is 205 Å². The first-order valence-electron chi connectivity index (χ1n) is 11.8. The zero-order chi connectivity index (χ0) is 25.2. The van der Waals surface area contributed by atoms with E-state index in [-0.39, 0.29) is 34.6 Å². The number of benzene rings is 2. The van der Waals surface area contributed by atoms with Crippen LogP contribution in [0.5, 0.6) is 0 Å². The van der Waals surface area contributed by atoms with Gasteiger partial charge in [0, 0.05) is 30.6 Å². The van der Waals surface area contributed by atoms with Crippen LogP contribution in [0.15, 0.2) is 53.4 Å². The number of piperidine rings is 1. The zero-order valence-corrected chi connectivity index (χ0v) is 20.4. The van der Waals surface area contributed by atoms with E-state index in [1.165, 1.54) is 0 Å². The van der Waals surface area contributed by atoms with Crippen LogP contribution in [0.25, 0.3) is 10.9 Å². The number of sulfone groups is 1. The van der Waals surface area contributed by atoms with Crippen LogP contribution in [-0.2, 0) is 16.4 Å². The number of amides is 1. The molecule has 0 spiro atoms. The second kappa shape index (κ2) is 10.1. The van der Waals surface area contributed by atoms with Crippen LogP contribution in [0.4, 0.5) is 5.69 Å². The SMILES string of the molecule is N=C(N)c1ccc2c(N)c(C(=O)N3CCC(CCN)CC3)n(CCS(=O)(=O)c3ccccc3)c2c1. The Morgan fingerprint density at radius 2 is 1.77 bits per heavy atom. The van der Waals surface area contributed by atoms with Gasteiger partial charge in [-0.05, 0) is 56.0 Å². The molecule has 2 heterocycles. The summed E-state index contributed by atoms with van der Waals surface area (Å²) >= 11 is 0. The molecule has 1 saturated heterocycles. The highest BCUT2D eigenvalue weighted by atomic mass is 32.2. The number of amidine groups is 1. The van der Waals surface area contributed by atoms with Crippen molar-refractivity contribution in [2.45, 2.75) is 30.7 Å². The number of nitrogens with two attached hydrogens (primary N) is 3. The average Bonchev–Trinajstić information content (AvgIpc) is 3.14. The van der Waals surface area contributed by atoms with Crippen LogP contribution in [-0.4, -0.2) is 55.0 Å². The summed E-state index contributed by atoms with van der Waals surface area (Å²) in [6, 6.07) is 13.3. The van der Waals surface area contributed by atoms with Gasteiger partial charge in [-0.2, -0.15) is 0 Å². The standard InChI is InChI=1S/C25H32N6O3S/c26-11-8-17-9-12-30(13-10-17)25(32)23-22(27)20-7-6-18(24(28)29)16-21(20)31(23)14-15-35(33,34)19-4-2-1-3-5-19/h1-7,16-17H,8-15,26-27H2,(H3,28,29). The molecular formula is C25H32N6O3S. The molecule has 2 aromatic carbocycles. The van der Waals surface area contributed by atoms with Crippen molar-refractivity contribution in [3.8, 4) is 0 Å². The molecule has 0 aliphatic carbocycles. The topological polar surface area (TPSA) is 161 Å². The fraction of sp³-hybridized carbons (Fsp3) is 0.360. The minimum atomic E-state index is -3.59. The summed E-state index contributed by atoms with van der Waals surface area (Å²) in [5.41, 5.74) is 19.5. The summed E-state index contributed by atoms with van der Waals surface area (Å²) in [5.74, 6) is -0.0404. The lowest BCUT2D eigenvalue weighted by molar-refractivity contribution is 0.0679. The molecule has 10 heteroatoms.